The predicted molar refractivity (Wildman–Crippen MR) is 72.7 cm³/mol. The second-order valence-corrected chi connectivity index (χ2v) is 4.53. The molecule has 0 aliphatic heterocycles. The summed E-state index contributed by atoms with van der Waals surface area (Å²) in [4.78, 5) is 22.8. The largest absolute Gasteiger partial charge is 0.497 e. The van der Waals surface area contributed by atoms with Gasteiger partial charge in [-0.3, -0.25) is 9.59 Å². The van der Waals surface area contributed by atoms with E-state index in [4.69, 9.17) is 9.47 Å². The number of rotatable bonds is 6. The highest BCUT2D eigenvalue weighted by Gasteiger charge is 2.26. The number of benzene rings is 1. The third-order valence-electron chi connectivity index (χ3n) is 2.83. The van der Waals surface area contributed by atoms with Crippen molar-refractivity contribution in [2.75, 3.05) is 20.3 Å². The summed E-state index contributed by atoms with van der Waals surface area (Å²) >= 11 is 0. The fourth-order valence-electron chi connectivity index (χ4n) is 1.56. The van der Waals surface area contributed by atoms with E-state index in [2.05, 4.69) is 10.6 Å². The zero-order valence-corrected chi connectivity index (χ0v) is 11.3. The quantitative estimate of drug-likeness (QED) is 0.586. The van der Waals surface area contributed by atoms with Gasteiger partial charge in [0.15, 0.2) is 0 Å². The molecule has 1 aliphatic carbocycles. The Labute approximate surface area is 117 Å². The standard InChI is InChI=1S/C14H18N2O4/c1-19-11-4-6-12(7-5-11)20-9-8-15-13(17)14(18)16-10-2-3-10/h4-7,10H,2-3,8-9H2,1H3,(H,15,17)(H,16,18). The molecule has 0 bridgehead atoms. The number of methoxy groups -OCH3 is 1. The Morgan fingerprint density at radius 3 is 2.40 bits per heavy atom. The van der Waals surface area contributed by atoms with Gasteiger partial charge < -0.3 is 20.1 Å². The van der Waals surface area contributed by atoms with Crippen LogP contribution in [0.15, 0.2) is 24.3 Å². The molecule has 2 rings (SSSR count). The molecule has 1 aromatic rings. The first kappa shape index (κ1) is 14.2. The monoisotopic (exact) mass is 278 g/mol. The van der Waals surface area contributed by atoms with E-state index in [1.54, 1.807) is 31.4 Å². The average Bonchev–Trinajstić information content (AvgIpc) is 3.28. The van der Waals surface area contributed by atoms with Crippen molar-refractivity contribution in [3.8, 4) is 11.5 Å². The second kappa shape index (κ2) is 6.79. The van der Waals surface area contributed by atoms with Gasteiger partial charge in [0.1, 0.15) is 18.1 Å². The second-order valence-electron chi connectivity index (χ2n) is 4.53. The Morgan fingerprint density at radius 2 is 1.80 bits per heavy atom. The number of carbonyl (C=O) groups excluding carboxylic acids is 2. The van der Waals surface area contributed by atoms with Gasteiger partial charge >= 0.3 is 11.8 Å². The molecule has 1 saturated carbocycles. The lowest BCUT2D eigenvalue weighted by atomic mass is 10.3. The zero-order chi connectivity index (χ0) is 14.4. The van der Waals surface area contributed by atoms with Gasteiger partial charge in [-0.1, -0.05) is 0 Å². The molecule has 6 heteroatoms. The van der Waals surface area contributed by atoms with Crippen LogP contribution in [-0.4, -0.2) is 38.1 Å². The van der Waals surface area contributed by atoms with Crippen molar-refractivity contribution in [1.82, 2.24) is 10.6 Å². The third-order valence-corrected chi connectivity index (χ3v) is 2.83. The van der Waals surface area contributed by atoms with Gasteiger partial charge in [-0.15, -0.1) is 0 Å². The topological polar surface area (TPSA) is 76.7 Å². The summed E-state index contributed by atoms with van der Waals surface area (Å²) in [6.45, 7) is 0.581. The maximum absolute atomic E-state index is 11.4. The zero-order valence-electron chi connectivity index (χ0n) is 11.3. The summed E-state index contributed by atoms with van der Waals surface area (Å²) in [6.07, 6.45) is 1.92. The van der Waals surface area contributed by atoms with E-state index in [0.717, 1.165) is 18.6 Å². The lowest BCUT2D eigenvalue weighted by molar-refractivity contribution is -0.139. The molecule has 0 spiro atoms. The number of carbonyl (C=O) groups is 2. The van der Waals surface area contributed by atoms with Gasteiger partial charge in [0.25, 0.3) is 0 Å². The van der Waals surface area contributed by atoms with Crippen LogP contribution in [0.3, 0.4) is 0 Å². The molecule has 0 aromatic heterocycles. The van der Waals surface area contributed by atoms with Crippen molar-refractivity contribution < 1.29 is 19.1 Å². The summed E-state index contributed by atoms with van der Waals surface area (Å²) < 4.78 is 10.5. The van der Waals surface area contributed by atoms with E-state index in [-0.39, 0.29) is 12.6 Å². The number of hydrogen-bond donors (Lipinski definition) is 2. The van der Waals surface area contributed by atoms with Gasteiger partial charge in [0.2, 0.25) is 0 Å². The van der Waals surface area contributed by atoms with E-state index in [0.29, 0.717) is 12.4 Å². The summed E-state index contributed by atoms with van der Waals surface area (Å²) in [6, 6.07) is 7.32. The van der Waals surface area contributed by atoms with Crippen LogP contribution in [0.1, 0.15) is 12.8 Å². The van der Waals surface area contributed by atoms with Crippen LogP contribution >= 0.6 is 0 Å². The molecule has 0 heterocycles. The van der Waals surface area contributed by atoms with E-state index in [1.165, 1.54) is 0 Å². The van der Waals surface area contributed by atoms with Gasteiger partial charge in [-0.2, -0.15) is 0 Å². The van der Waals surface area contributed by atoms with E-state index >= 15 is 0 Å². The van der Waals surface area contributed by atoms with Crippen LogP contribution < -0.4 is 20.1 Å². The highest BCUT2D eigenvalue weighted by molar-refractivity contribution is 6.35. The third kappa shape index (κ3) is 4.46. The minimum atomic E-state index is -0.616. The molecule has 0 atom stereocenters. The Bertz CT molecular complexity index is 469. The molecule has 2 amide bonds. The van der Waals surface area contributed by atoms with Crippen LogP contribution in [0.2, 0.25) is 0 Å². The Kier molecular flexibility index (Phi) is 4.81. The fourth-order valence-corrected chi connectivity index (χ4v) is 1.56. The molecule has 2 N–H and O–H groups in total. The van der Waals surface area contributed by atoms with E-state index < -0.39 is 11.8 Å². The first-order chi connectivity index (χ1) is 9.69. The first-order valence-corrected chi connectivity index (χ1v) is 6.54. The minimum Gasteiger partial charge on any atom is -0.497 e. The number of amides is 2. The SMILES string of the molecule is COc1ccc(OCCNC(=O)C(=O)NC2CC2)cc1. The molecular weight excluding hydrogens is 260 g/mol. The van der Waals surface area contributed by atoms with Gasteiger partial charge in [-0.05, 0) is 37.1 Å². The molecule has 0 radical (unpaired) electrons. The molecule has 0 saturated heterocycles. The Hall–Kier alpha value is -2.24. The van der Waals surface area contributed by atoms with E-state index in [9.17, 15) is 9.59 Å². The van der Waals surface area contributed by atoms with Crippen molar-refractivity contribution in [3.05, 3.63) is 24.3 Å². The molecule has 108 valence electrons. The minimum absolute atomic E-state index is 0.184. The average molecular weight is 278 g/mol. The maximum atomic E-state index is 11.4. The van der Waals surface area contributed by atoms with E-state index in [1.807, 2.05) is 0 Å². The summed E-state index contributed by atoms with van der Waals surface area (Å²) in [5, 5.41) is 5.13. The van der Waals surface area contributed by atoms with Gasteiger partial charge in [0.05, 0.1) is 13.7 Å². The molecule has 20 heavy (non-hydrogen) atoms. The van der Waals surface area contributed by atoms with Crippen molar-refractivity contribution in [2.45, 2.75) is 18.9 Å². The number of nitrogens with one attached hydrogen (secondary N) is 2. The van der Waals surface area contributed by atoms with Crippen molar-refractivity contribution in [3.63, 3.8) is 0 Å². The lowest BCUT2D eigenvalue weighted by Crippen LogP contribution is -2.42. The van der Waals surface area contributed by atoms with Crippen LogP contribution in [0, 0.1) is 0 Å². The van der Waals surface area contributed by atoms with Gasteiger partial charge in [-0.25, -0.2) is 0 Å². The molecule has 1 aromatic carbocycles. The van der Waals surface area contributed by atoms with Crippen molar-refractivity contribution in [1.29, 1.82) is 0 Å². The summed E-state index contributed by atoms with van der Waals surface area (Å²) in [7, 11) is 1.60. The van der Waals surface area contributed by atoms with Crippen LogP contribution in [0.5, 0.6) is 11.5 Å². The Balaban J connectivity index is 1.62. The van der Waals surface area contributed by atoms with Crippen LogP contribution in [0.25, 0.3) is 0 Å². The summed E-state index contributed by atoms with van der Waals surface area (Å²) in [5.41, 5.74) is 0. The Morgan fingerprint density at radius 1 is 1.15 bits per heavy atom. The highest BCUT2D eigenvalue weighted by Crippen LogP contribution is 2.18. The maximum Gasteiger partial charge on any atom is 0.309 e. The van der Waals surface area contributed by atoms with Crippen molar-refractivity contribution in [2.24, 2.45) is 0 Å². The first-order valence-electron chi connectivity index (χ1n) is 6.54. The lowest BCUT2D eigenvalue weighted by Gasteiger charge is -2.08. The predicted octanol–water partition coefficient (Wildman–Crippen LogP) is 0.469. The number of ether oxygens (including phenoxy) is 2. The fraction of sp³-hybridized carbons (Fsp3) is 0.429. The normalized spacial score (nSPS) is 13.4. The number of hydrogen-bond acceptors (Lipinski definition) is 4. The van der Waals surface area contributed by atoms with Crippen LogP contribution in [0.4, 0.5) is 0 Å². The van der Waals surface area contributed by atoms with Gasteiger partial charge in [0, 0.05) is 6.04 Å². The molecule has 1 fully saturated rings. The highest BCUT2D eigenvalue weighted by atomic mass is 16.5. The van der Waals surface area contributed by atoms with Crippen LogP contribution in [-0.2, 0) is 9.59 Å². The summed E-state index contributed by atoms with van der Waals surface area (Å²) in [5.74, 6) is 0.247. The molecule has 0 unspecified atom stereocenters. The molecular formula is C14H18N2O4. The molecule has 6 nitrogen and oxygen atoms in total. The molecule has 1 aliphatic rings. The van der Waals surface area contributed by atoms with Crippen molar-refractivity contribution >= 4 is 11.8 Å². The smallest absolute Gasteiger partial charge is 0.309 e.